The standard InChI is InChI=1S/C22H31O4P/c1-3-5-7-9-19-11-15-21(16-12-19)25-27(23,24)26-22-17-13-20(14-18-22)10-8-6-4-2/h11-18H,3-10H2,1-2H3,(H,23,24). The van der Waals surface area contributed by atoms with Crippen LogP contribution in [0.3, 0.4) is 0 Å². The number of hydrogen-bond acceptors (Lipinski definition) is 3. The highest BCUT2D eigenvalue weighted by Crippen LogP contribution is 2.44. The number of phosphoric acid groups is 1. The fourth-order valence-corrected chi connectivity index (χ4v) is 3.69. The van der Waals surface area contributed by atoms with Gasteiger partial charge in [0.25, 0.3) is 0 Å². The van der Waals surface area contributed by atoms with Crippen molar-refractivity contribution in [2.24, 2.45) is 0 Å². The Morgan fingerprint density at radius 3 is 1.41 bits per heavy atom. The predicted molar refractivity (Wildman–Crippen MR) is 110 cm³/mol. The zero-order chi connectivity index (χ0) is 19.5. The van der Waals surface area contributed by atoms with Gasteiger partial charge >= 0.3 is 7.82 Å². The van der Waals surface area contributed by atoms with Gasteiger partial charge in [-0.25, -0.2) is 4.57 Å². The summed E-state index contributed by atoms with van der Waals surface area (Å²) >= 11 is 0. The summed E-state index contributed by atoms with van der Waals surface area (Å²) in [6.45, 7) is 4.35. The number of hydrogen-bond donors (Lipinski definition) is 1. The van der Waals surface area contributed by atoms with Crippen LogP contribution in [0.15, 0.2) is 48.5 Å². The lowest BCUT2D eigenvalue weighted by Crippen LogP contribution is -2.00. The molecule has 0 fully saturated rings. The molecule has 148 valence electrons. The van der Waals surface area contributed by atoms with Crippen LogP contribution in [0.25, 0.3) is 0 Å². The average molecular weight is 390 g/mol. The van der Waals surface area contributed by atoms with Gasteiger partial charge < -0.3 is 9.05 Å². The molecular formula is C22H31O4P. The Balaban J connectivity index is 1.87. The highest BCUT2D eigenvalue weighted by Gasteiger charge is 2.25. The molecule has 0 spiro atoms. The molecule has 0 heterocycles. The fraction of sp³-hybridized carbons (Fsp3) is 0.455. The van der Waals surface area contributed by atoms with Crippen molar-refractivity contribution < 1.29 is 18.5 Å². The number of unbranched alkanes of at least 4 members (excludes halogenated alkanes) is 4. The third-order valence-electron chi connectivity index (χ3n) is 4.43. The van der Waals surface area contributed by atoms with Crippen LogP contribution in [-0.2, 0) is 17.4 Å². The van der Waals surface area contributed by atoms with Gasteiger partial charge in [0.15, 0.2) is 0 Å². The number of phosphoric ester groups is 1. The Kier molecular flexibility index (Phi) is 8.90. The first-order chi connectivity index (χ1) is 13.0. The van der Waals surface area contributed by atoms with Crippen molar-refractivity contribution in [2.45, 2.75) is 65.2 Å². The van der Waals surface area contributed by atoms with Crippen LogP contribution < -0.4 is 9.05 Å². The van der Waals surface area contributed by atoms with E-state index in [0.717, 1.165) is 25.7 Å². The van der Waals surface area contributed by atoms with E-state index < -0.39 is 7.82 Å². The Bertz CT molecular complexity index is 651. The first kappa shape index (κ1) is 21.5. The third-order valence-corrected chi connectivity index (χ3v) is 5.31. The minimum atomic E-state index is -4.22. The van der Waals surface area contributed by atoms with Gasteiger partial charge in [0.1, 0.15) is 11.5 Å². The fourth-order valence-electron chi connectivity index (χ4n) is 2.88. The number of aryl methyl sites for hydroxylation is 2. The smallest absolute Gasteiger partial charge is 0.395 e. The molecule has 0 aliphatic heterocycles. The molecule has 0 saturated heterocycles. The summed E-state index contributed by atoms with van der Waals surface area (Å²) in [6.07, 6.45) is 9.08. The van der Waals surface area contributed by atoms with E-state index in [1.165, 1.54) is 36.8 Å². The summed E-state index contributed by atoms with van der Waals surface area (Å²) in [6, 6.07) is 14.6. The van der Waals surface area contributed by atoms with Gasteiger partial charge in [-0.3, -0.25) is 4.89 Å². The summed E-state index contributed by atoms with van der Waals surface area (Å²) in [7, 11) is -4.22. The van der Waals surface area contributed by atoms with Gasteiger partial charge in [0, 0.05) is 0 Å². The van der Waals surface area contributed by atoms with E-state index in [9.17, 15) is 9.46 Å². The van der Waals surface area contributed by atoms with Crippen molar-refractivity contribution in [2.75, 3.05) is 0 Å². The number of benzene rings is 2. The first-order valence-corrected chi connectivity index (χ1v) is 11.4. The van der Waals surface area contributed by atoms with Gasteiger partial charge in [-0.2, -0.15) is 0 Å². The van der Waals surface area contributed by atoms with Gasteiger partial charge in [-0.05, 0) is 61.1 Å². The van der Waals surface area contributed by atoms with E-state index >= 15 is 0 Å². The van der Waals surface area contributed by atoms with E-state index in [1.54, 1.807) is 24.3 Å². The van der Waals surface area contributed by atoms with Crippen molar-refractivity contribution >= 4 is 7.82 Å². The maximum Gasteiger partial charge on any atom is 0.584 e. The summed E-state index contributed by atoms with van der Waals surface area (Å²) in [5.41, 5.74) is 2.39. The third kappa shape index (κ3) is 8.19. The summed E-state index contributed by atoms with van der Waals surface area (Å²) in [4.78, 5) is 10.0. The minimum absolute atomic E-state index is 0.330. The molecule has 1 N–H and O–H groups in total. The summed E-state index contributed by atoms with van der Waals surface area (Å²) in [5.74, 6) is 0.660. The van der Waals surface area contributed by atoms with Gasteiger partial charge in [-0.15, -0.1) is 0 Å². The maximum atomic E-state index is 12.3. The molecule has 0 unspecified atom stereocenters. The number of rotatable bonds is 12. The molecule has 0 aromatic heterocycles. The zero-order valence-electron chi connectivity index (χ0n) is 16.4. The Morgan fingerprint density at radius 2 is 1.07 bits per heavy atom. The molecule has 0 atom stereocenters. The molecule has 0 amide bonds. The van der Waals surface area contributed by atoms with Crippen molar-refractivity contribution in [1.82, 2.24) is 0 Å². The molecule has 5 heteroatoms. The molecule has 27 heavy (non-hydrogen) atoms. The Labute approximate surface area is 163 Å². The van der Waals surface area contributed by atoms with Crippen LogP contribution >= 0.6 is 7.82 Å². The SMILES string of the molecule is CCCCCc1ccc(OP(=O)(O)Oc2ccc(CCCCC)cc2)cc1. The van der Waals surface area contributed by atoms with Crippen LogP contribution in [0.5, 0.6) is 11.5 Å². The van der Waals surface area contributed by atoms with Crippen molar-refractivity contribution in [3.8, 4) is 11.5 Å². The molecule has 0 bridgehead atoms. The van der Waals surface area contributed by atoms with Crippen LogP contribution in [0, 0.1) is 0 Å². The van der Waals surface area contributed by atoms with Crippen molar-refractivity contribution in [3.05, 3.63) is 59.7 Å². The van der Waals surface area contributed by atoms with Crippen molar-refractivity contribution in [3.63, 3.8) is 0 Å². The van der Waals surface area contributed by atoms with E-state index in [1.807, 2.05) is 24.3 Å². The lowest BCUT2D eigenvalue weighted by Gasteiger charge is -2.14. The monoisotopic (exact) mass is 390 g/mol. The highest BCUT2D eigenvalue weighted by atomic mass is 31.2. The van der Waals surface area contributed by atoms with Gasteiger partial charge in [-0.1, -0.05) is 63.8 Å². The van der Waals surface area contributed by atoms with E-state index in [4.69, 9.17) is 9.05 Å². The second-order valence-corrected chi connectivity index (χ2v) is 8.16. The predicted octanol–water partition coefficient (Wildman–Crippen LogP) is 6.71. The Hall–Kier alpha value is -1.77. The van der Waals surface area contributed by atoms with E-state index in [-0.39, 0.29) is 0 Å². The summed E-state index contributed by atoms with van der Waals surface area (Å²) < 4.78 is 22.6. The Morgan fingerprint density at radius 1 is 0.704 bits per heavy atom. The molecule has 2 rings (SSSR count). The maximum absolute atomic E-state index is 12.3. The van der Waals surface area contributed by atoms with E-state index in [2.05, 4.69) is 13.8 Å². The van der Waals surface area contributed by atoms with E-state index in [0.29, 0.717) is 11.5 Å². The van der Waals surface area contributed by atoms with Gasteiger partial charge in [0.2, 0.25) is 0 Å². The average Bonchev–Trinajstić information content (AvgIpc) is 2.64. The lowest BCUT2D eigenvalue weighted by atomic mass is 10.1. The molecule has 2 aromatic rings. The van der Waals surface area contributed by atoms with Crippen LogP contribution in [-0.4, -0.2) is 4.89 Å². The molecular weight excluding hydrogens is 359 g/mol. The largest absolute Gasteiger partial charge is 0.584 e. The van der Waals surface area contributed by atoms with Crippen LogP contribution in [0.1, 0.15) is 63.5 Å². The van der Waals surface area contributed by atoms with Crippen LogP contribution in [0.4, 0.5) is 0 Å². The highest BCUT2D eigenvalue weighted by molar-refractivity contribution is 7.48. The minimum Gasteiger partial charge on any atom is -0.395 e. The topological polar surface area (TPSA) is 55.8 Å². The second-order valence-electron chi connectivity index (χ2n) is 6.85. The van der Waals surface area contributed by atoms with Crippen LogP contribution in [0.2, 0.25) is 0 Å². The molecule has 4 nitrogen and oxygen atoms in total. The quantitative estimate of drug-likeness (QED) is 0.323. The second kappa shape index (κ2) is 11.2. The zero-order valence-corrected chi connectivity index (χ0v) is 17.3. The summed E-state index contributed by atoms with van der Waals surface area (Å²) in [5, 5.41) is 0. The molecule has 0 aliphatic rings. The normalized spacial score (nSPS) is 11.4. The molecule has 2 aromatic carbocycles. The van der Waals surface area contributed by atoms with Crippen molar-refractivity contribution in [1.29, 1.82) is 0 Å². The van der Waals surface area contributed by atoms with Gasteiger partial charge in [0.05, 0.1) is 0 Å². The first-order valence-electron chi connectivity index (χ1n) is 9.92. The molecule has 0 aliphatic carbocycles. The lowest BCUT2D eigenvalue weighted by molar-refractivity contribution is 0.291. The molecule has 0 saturated carbocycles. The molecule has 0 radical (unpaired) electrons.